The van der Waals surface area contributed by atoms with E-state index in [1.807, 2.05) is 32.2 Å². The third kappa shape index (κ3) is 2.10. The van der Waals surface area contributed by atoms with Gasteiger partial charge in [-0.1, -0.05) is 18.2 Å². The Labute approximate surface area is 95.4 Å². The number of benzene rings is 1. The van der Waals surface area contributed by atoms with Crippen LogP contribution in [0.1, 0.15) is 18.2 Å². The fraction of sp³-hybridized carbons (Fsp3) is 0.385. The van der Waals surface area contributed by atoms with E-state index in [1.165, 1.54) is 10.9 Å². The molecule has 0 unspecified atom stereocenters. The Balaban J connectivity index is 2.41. The van der Waals surface area contributed by atoms with Crippen LogP contribution in [0.2, 0.25) is 0 Å². The minimum atomic E-state index is 0.544. The highest BCUT2D eigenvalue weighted by Crippen LogP contribution is 2.26. The molecule has 2 aromatic rings. The van der Waals surface area contributed by atoms with Crippen LogP contribution in [0, 0.1) is 0 Å². The summed E-state index contributed by atoms with van der Waals surface area (Å²) in [5, 5.41) is 4.34. The van der Waals surface area contributed by atoms with Crippen LogP contribution in [0.4, 0.5) is 0 Å². The average molecular weight is 219 g/mol. The first-order valence-corrected chi connectivity index (χ1v) is 5.58. The molecule has 1 N–H and O–H groups in total. The van der Waals surface area contributed by atoms with Crippen LogP contribution in [0.25, 0.3) is 11.0 Å². The molecule has 0 atom stereocenters. The molecule has 0 fully saturated rings. The Morgan fingerprint density at radius 3 is 2.88 bits per heavy atom. The molecule has 2 rings (SSSR count). The fourth-order valence-electron chi connectivity index (χ4n) is 1.83. The second-order valence-corrected chi connectivity index (χ2v) is 3.67. The monoisotopic (exact) mass is 219 g/mol. The van der Waals surface area contributed by atoms with Crippen molar-refractivity contribution in [1.82, 2.24) is 5.32 Å². The number of hydrogen-bond acceptors (Lipinski definition) is 3. The van der Waals surface area contributed by atoms with Gasteiger partial charge in [-0.05, 0) is 20.0 Å². The first-order chi connectivity index (χ1) is 7.86. The Bertz CT molecular complexity index is 462. The summed E-state index contributed by atoms with van der Waals surface area (Å²) < 4.78 is 11.2. The van der Waals surface area contributed by atoms with E-state index in [2.05, 4.69) is 11.4 Å². The molecule has 0 bridgehead atoms. The van der Waals surface area contributed by atoms with Crippen molar-refractivity contribution in [2.45, 2.75) is 20.1 Å². The fourth-order valence-corrected chi connectivity index (χ4v) is 1.83. The van der Waals surface area contributed by atoms with Gasteiger partial charge in [0.2, 0.25) is 0 Å². The normalized spacial score (nSPS) is 11.1. The lowest BCUT2D eigenvalue weighted by molar-refractivity contribution is 0.118. The minimum Gasteiger partial charge on any atom is -0.458 e. The zero-order valence-electron chi connectivity index (χ0n) is 9.75. The second kappa shape index (κ2) is 5.14. The highest BCUT2D eigenvalue weighted by atomic mass is 16.5. The Morgan fingerprint density at radius 2 is 2.12 bits per heavy atom. The van der Waals surface area contributed by atoms with E-state index in [0.717, 1.165) is 17.9 Å². The highest BCUT2D eigenvalue weighted by Gasteiger charge is 2.12. The number of fused-ring (bicyclic) bond motifs is 1. The van der Waals surface area contributed by atoms with Crippen molar-refractivity contribution in [2.24, 2.45) is 0 Å². The number of para-hydroxylation sites is 1. The zero-order chi connectivity index (χ0) is 11.4. The van der Waals surface area contributed by atoms with E-state index < -0.39 is 0 Å². The van der Waals surface area contributed by atoms with Crippen LogP contribution >= 0.6 is 0 Å². The first kappa shape index (κ1) is 11.2. The maximum Gasteiger partial charge on any atom is 0.135 e. The molecule has 0 amide bonds. The Hall–Kier alpha value is -1.32. The number of furan rings is 1. The lowest BCUT2D eigenvalue weighted by Gasteiger charge is -2.02. The lowest BCUT2D eigenvalue weighted by atomic mass is 10.1. The third-order valence-electron chi connectivity index (χ3n) is 2.57. The molecular weight excluding hydrogens is 202 g/mol. The van der Waals surface area contributed by atoms with Crippen LogP contribution < -0.4 is 5.32 Å². The van der Waals surface area contributed by atoms with Gasteiger partial charge in [0.15, 0.2) is 0 Å². The zero-order valence-corrected chi connectivity index (χ0v) is 9.75. The van der Waals surface area contributed by atoms with E-state index in [9.17, 15) is 0 Å². The van der Waals surface area contributed by atoms with Crippen molar-refractivity contribution in [1.29, 1.82) is 0 Å². The average Bonchev–Trinajstić information content (AvgIpc) is 2.66. The summed E-state index contributed by atoms with van der Waals surface area (Å²) in [4.78, 5) is 0. The SMILES string of the molecule is CCOCc1oc2ccccc2c1CNC. The van der Waals surface area contributed by atoms with Gasteiger partial charge < -0.3 is 14.5 Å². The maximum atomic E-state index is 5.79. The van der Waals surface area contributed by atoms with E-state index in [-0.39, 0.29) is 0 Å². The first-order valence-electron chi connectivity index (χ1n) is 5.58. The van der Waals surface area contributed by atoms with Gasteiger partial charge in [-0.2, -0.15) is 0 Å². The Kier molecular flexibility index (Phi) is 3.59. The number of rotatable bonds is 5. The summed E-state index contributed by atoms with van der Waals surface area (Å²) in [6, 6.07) is 8.09. The summed E-state index contributed by atoms with van der Waals surface area (Å²) in [6.45, 7) is 4.04. The van der Waals surface area contributed by atoms with E-state index in [4.69, 9.17) is 9.15 Å². The smallest absolute Gasteiger partial charge is 0.135 e. The molecule has 0 saturated heterocycles. The number of ether oxygens (including phenoxy) is 1. The van der Waals surface area contributed by atoms with Crippen LogP contribution in [0.15, 0.2) is 28.7 Å². The van der Waals surface area contributed by atoms with Crippen LogP contribution in [0.3, 0.4) is 0 Å². The van der Waals surface area contributed by atoms with E-state index >= 15 is 0 Å². The van der Waals surface area contributed by atoms with Gasteiger partial charge in [0, 0.05) is 24.1 Å². The van der Waals surface area contributed by atoms with Crippen LogP contribution in [-0.2, 0) is 17.9 Å². The lowest BCUT2D eigenvalue weighted by Crippen LogP contribution is -2.07. The molecular formula is C13H17NO2. The maximum absolute atomic E-state index is 5.79. The largest absolute Gasteiger partial charge is 0.458 e. The molecule has 1 aromatic heterocycles. The van der Waals surface area contributed by atoms with Gasteiger partial charge in [0.05, 0.1) is 0 Å². The molecule has 1 heterocycles. The van der Waals surface area contributed by atoms with E-state index in [1.54, 1.807) is 0 Å². The number of hydrogen-bond donors (Lipinski definition) is 1. The molecule has 0 aliphatic rings. The molecule has 1 aromatic carbocycles. The Morgan fingerprint density at radius 1 is 1.31 bits per heavy atom. The van der Waals surface area contributed by atoms with Crippen molar-refractivity contribution in [3.05, 3.63) is 35.6 Å². The summed E-state index contributed by atoms with van der Waals surface area (Å²) in [6.07, 6.45) is 0. The van der Waals surface area contributed by atoms with Crippen LogP contribution in [0.5, 0.6) is 0 Å². The molecule has 16 heavy (non-hydrogen) atoms. The molecule has 3 nitrogen and oxygen atoms in total. The van der Waals surface area contributed by atoms with Crippen molar-refractivity contribution in [3.63, 3.8) is 0 Å². The van der Waals surface area contributed by atoms with Crippen molar-refractivity contribution in [3.8, 4) is 0 Å². The summed E-state index contributed by atoms with van der Waals surface area (Å²) in [5.74, 6) is 0.928. The minimum absolute atomic E-state index is 0.544. The predicted octanol–water partition coefficient (Wildman–Crippen LogP) is 2.69. The molecule has 0 aliphatic carbocycles. The van der Waals surface area contributed by atoms with Crippen molar-refractivity contribution >= 4 is 11.0 Å². The van der Waals surface area contributed by atoms with Gasteiger partial charge in [-0.3, -0.25) is 0 Å². The quantitative estimate of drug-likeness (QED) is 0.839. The molecule has 0 saturated carbocycles. The van der Waals surface area contributed by atoms with Crippen molar-refractivity contribution < 1.29 is 9.15 Å². The van der Waals surface area contributed by atoms with E-state index in [0.29, 0.717) is 13.2 Å². The van der Waals surface area contributed by atoms with Gasteiger partial charge in [-0.25, -0.2) is 0 Å². The summed E-state index contributed by atoms with van der Waals surface area (Å²) >= 11 is 0. The highest BCUT2D eigenvalue weighted by molar-refractivity contribution is 5.82. The van der Waals surface area contributed by atoms with Crippen LogP contribution in [-0.4, -0.2) is 13.7 Å². The van der Waals surface area contributed by atoms with Gasteiger partial charge in [0.25, 0.3) is 0 Å². The number of nitrogens with one attached hydrogen (secondary N) is 1. The summed E-state index contributed by atoms with van der Waals surface area (Å²) in [5.41, 5.74) is 2.13. The summed E-state index contributed by atoms with van der Waals surface area (Å²) in [7, 11) is 1.94. The van der Waals surface area contributed by atoms with Crippen molar-refractivity contribution in [2.75, 3.05) is 13.7 Å². The third-order valence-corrected chi connectivity index (χ3v) is 2.57. The molecule has 0 radical (unpaired) electrons. The van der Waals surface area contributed by atoms with Gasteiger partial charge >= 0.3 is 0 Å². The molecule has 0 spiro atoms. The molecule has 0 aliphatic heterocycles. The topological polar surface area (TPSA) is 34.4 Å². The molecule has 3 heteroatoms. The molecule has 86 valence electrons. The second-order valence-electron chi connectivity index (χ2n) is 3.67. The predicted molar refractivity (Wildman–Crippen MR) is 64.3 cm³/mol. The van der Waals surface area contributed by atoms with Gasteiger partial charge in [-0.15, -0.1) is 0 Å². The standard InChI is InChI=1S/C13H17NO2/c1-3-15-9-13-11(8-14-2)10-6-4-5-7-12(10)16-13/h4-7,14H,3,8-9H2,1-2H3. The van der Waals surface area contributed by atoms with Gasteiger partial charge in [0.1, 0.15) is 18.0 Å².